The molecule has 0 saturated heterocycles. The highest BCUT2D eigenvalue weighted by Gasteiger charge is 2.20. The zero-order valence-electron chi connectivity index (χ0n) is 11.3. The molecule has 2 aromatic rings. The number of nitrogens with two attached hydrogens (primary N) is 1. The maximum atomic E-state index is 12.3. The quantitative estimate of drug-likeness (QED) is 0.718. The summed E-state index contributed by atoms with van der Waals surface area (Å²) in [5, 5.41) is 3.81. The average Bonchev–Trinajstić information content (AvgIpc) is 2.64. The number of nitrogens with one attached hydrogen (secondary N) is 1. The van der Waals surface area contributed by atoms with Crippen LogP contribution in [0.2, 0.25) is 5.02 Å². The molecule has 0 atom stereocenters. The summed E-state index contributed by atoms with van der Waals surface area (Å²) in [5.74, 6) is -0.835. The molecule has 0 spiro atoms. The molecule has 0 aliphatic heterocycles. The average molecular weight is 435 g/mol. The maximum Gasteiger partial charge on any atom is 0.257 e. The van der Waals surface area contributed by atoms with Gasteiger partial charge in [0, 0.05) is 13.5 Å². The Bertz CT molecular complexity index is 743. The molecule has 2 rings (SSSR count). The van der Waals surface area contributed by atoms with E-state index in [1.165, 1.54) is 11.3 Å². The third kappa shape index (κ3) is 3.38. The Morgan fingerprint density at radius 1 is 1.33 bits per heavy atom. The summed E-state index contributed by atoms with van der Waals surface area (Å²) in [4.78, 5) is 24.8. The van der Waals surface area contributed by atoms with Crippen molar-refractivity contribution in [3.8, 4) is 0 Å². The summed E-state index contributed by atoms with van der Waals surface area (Å²) in [7, 11) is 0. The largest absolute Gasteiger partial charge is 0.365 e. The minimum atomic E-state index is -0.544. The molecule has 7 heteroatoms. The van der Waals surface area contributed by atoms with Gasteiger partial charge >= 0.3 is 0 Å². The van der Waals surface area contributed by atoms with E-state index >= 15 is 0 Å². The Morgan fingerprint density at radius 3 is 2.57 bits per heavy atom. The van der Waals surface area contributed by atoms with Gasteiger partial charge in [0.15, 0.2) is 0 Å². The van der Waals surface area contributed by atoms with Crippen molar-refractivity contribution in [1.29, 1.82) is 0 Å². The van der Waals surface area contributed by atoms with E-state index in [0.717, 1.165) is 14.0 Å². The topological polar surface area (TPSA) is 72.2 Å². The second-order valence-corrected chi connectivity index (χ2v) is 7.25. The molecule has 1 aromatic carbocycles. The Labute approximate surface area is 144 Å². The molecule has 21 heavy (non-hydrogen) atoms. The number of carbonyl (C=O) groups excluding carboxylic acids is 2. The highest BCUT2D eigenvalue weighted by atomic mass is 127. The third-order valence-electron chi connectivity index (χ3n) is 3.03. The molecule has 1 aromatic heterocycles. The molecule has 110 valence electrons. The third-order valence-corrected chi connectivity index (χ3v) is 5.28. The van der Waals surface area contributed by atoms with Crippen LogP contribution >= 0.6 is 45.5 Å². The molecule has 2 amide bonds. The van der Waals surface area contributed by atoms with Crippen molar-refractivity contribution in [1.82, 2.24) is 0 Å². The van der Waals surface area contributed by atoms with E-state index < -0.39 is 5.91 Å². The number of benzene rings is 1. The zero-order chi connectivity index (χ0) is 15.7. The summed E-state index contributed by atoms with van der Waals surface area (Å²) in [6, 6.07) is 5.01. The van der Waals surface area contributed by atoms with Crippen molar-refractivity contribution in [3.05, 3.63) is 48.4 Å². The molecule has 0 saturated carbocycles. The van der Waals surface area contributed by atoms with Crippen LogP contribution in [0.5, 0.6) is 0 Å². The van der Waals surface area contributed by atoms with E-state index in [1.54, 1.807) is 18.2 Å². The van der Waals surface area contributed by atoms with Gasteiger partial charge < -0.3 is 11.1 Å². The highest BCUT2D eigenvalue weighted by molar-refractivity contribution is 14.1. The smallest absolute Gasteiger partial charge is 0.257 e. The van der Waals surface area contributed by atoms with Crippen molar-refractivity contribution in [2.45, 2.75) is 13.8 Å². The maximum absolute atomic E-state index is 12.3. The van der Waals surface area contributed by atoms with Gasteiger partial charge in [-0.25, -0.2) is 0 Å². The number of hydrogen-bond donors (Lipinski definition) is 2. The van der Waals surface area contributed by atoms with Gasteiger partial charge in [0.1, 0.15) is 5.00 Å². The van der Waals surface area contributed by atoms with Gasteiger partial charge in [0.05, 0.1) is 11.1 Å². The van der Waals surface area contributed by atoms with E-state index in [9.17, 15) is 9.59 Å². The number of hydrogen-bond acceptors (Lipinski definition) is 3. The van der Waals surface area contributed by atoms with Gasteiger partial charge in [-0.2, -0.15) is 0 Å². The molecule has 0 fully saturated rings. The monoisotopic (exact) mass is 434 g/mol. The first-order chi connectivity index (χ1) is 9.81. The molecular formula is C14H12ClIN2O2S. The number of thiophene rings is 1. The standard InChI is InChI=1S/C14H12ClIN2O2S/c1-6-7(2)21-14(11(6)12(17)19)18-13(20)9-4-3-8(15)5-10(9)16/h3-5H,1-2H3,(H2,17,19)(H,18,20). The molecule has 1 heterocycles. The van der Waals surface area contributed by atoms with E-state index in [0.29, 0.717) is 21.2 Å². The molecule has 3 N–H and O–H groups in total. The van der Waals surface area contributed by atoms with Gasteiger partial charge in [-0.1, -0.05) is 11.6 Å². The van der Waals surface area contributed by atoms with Crippen LogP contribution < -0.4 is 11.1 Å². The Hall–Kier alpha value is -1.12. The van der Waals surface area contributed by atoms with Crippen LogP contribution in [0, 0.1) is 17.4 Å². The number of rotatable bonds is 3. The normalized spacial score (nSPS) is 10.5. The minimum Gasteiger partial charge on any atom is -0.365 e. The van der Waals surface area contributed by atoms with Crippen LogP contribution in [0.4, 0.5) is 5.00 Å². The lowest BCUT2D eigenvalue weighted by atomic mass is 10.1. The molecule has 0 aliphatic carbocycles. The van der Waals surface area contributed by atoms with Crippen LogP contribution in [-0.4, -0.2) is 11.8 Å². The number of halogens is 2. The van der Waals surface area contributed by atoms with Crippen molar-refractivity contribution in [2.24, 2.45) is 5.73 Å². The van der Waals surface area contributed by atoms with Crippen LogP contribution in [0.3, 0.4) is 0 Å². The first kappa shape index (κ1) is 16.3. The Morgan fingerprint density at radius 2 is 2.00 bits per heavy atom. The van der Waals surface area contributed by atoms with E-state index in [1.807, 2.05) is 36.4 Å². The number of anilines is 1. The Kier molecular flexibility index (Phi) is 4.90. The predicted molar refractivity (Wildman–Crippen MR) is 94.4 cm³/mol. The number of aryl methyl sites for hydroxylation is 1. The summed E-state index contributed by atoms with van der Waals surface area (Å²) in [6.07, 6.45) is 0. The molecule has 0 aliphatic rings. The van der Waals surface area contributed by atoms with Gasteiger partial charge in [-0.15, -0.1) is 11.3 Å². The lowest BCUT2D eigenvalue weighted by molar-refractivity contribution is 0.100. The molecule has 0 radical (unpaired) electrons. The van der Waals surface area contributed by atoms with Crippen molar-refractivity contribution < 1.29 is 9.59 Å². The van der Waals surface area contributed by atoms with E-state index in [-0.39, 0.29) is 5.91 Å². The fourth-order valence-electron chi connectivity index (χ4n) is 1.86. The van der Waals surface area contributed by atoms with Gasteiger partial charge in [-0.3, -0.25) is 9.59 Å². The Balaban J connectivity index is 2.36. The molecule has 4 nitrogen and oxygen atoms in total. The van der Waals surface area contributed by atoms with Crippen molar-refractivity contribution in [2.75, 3.05) is 5.32 Å². The van der Waals surface area contributed by atoms with Crippen LogP contribution in [-0.2, 0) is 0 Å². The van der Waals surface area contributed by atoms with Crippen LogP contribution in [0.1, 0.15) is 31.2 Å². The summed E-state index contributed by atoms with van der Waals surface area (Å²) in [5.41, 5.74) is 7.06. The summed E-state index contributed by atoms with van der Waals surface area (Å²) >= 11 is 9.26. The predicted octanol–water partition coefficient (Wildman–Crippen LogP) is 3.97. The second kappa shape index (κ2) is 6.33. The van der Waals surface area contributed by atoms with Crippen LogP contribution in [0.15, 0.2) is 18.2 Å². The lowest BCUT2D eigenvalue weighted by Crippen LogP contribution is -2.18. The van der Waals surface area contributed by atoms with Gasteiger partial charge in [0.2, 0.25) is 0 Å². The minimum absolute atomic E-state index is 0.292. The number of amides is 2. The van der Waals surface area contributed by atoms with E-state index in [2.05, 4.69) is 5.32 Å². The summed E-state index contributed by atoms with van der Waals surface area (Å²) in [6.45, 7) is 3.70. The van der Waals surface area contributed by atoms with Crippen molar-refractivity contribution >= 4 is 62.3 Å². The van der Waals surface area contributed by atoms with Crippen LogP contribution in [0.25, 0.3) is 0 Å². The zero-order valence-corrected chi connectivity index (χ0v) is 15.0. The van der Waals surface area contributed by atoms with Crippen molar-refractivity contribution in [3.63, 3.8) is 0 Å². The first-order valence-electron chi connectivity index (χ1n) is 5.97. The molecule has 0 bridgehead atoms. The lowest BCUT2D eigenvalue weighted by Gasteiger charge is -2.07. The highest BCUT2D eigenvalue weighted by Crippen LogP contribution is 2.32. The van der Waals surface area contributed by atoms with E-state index in [4.69, 9.17) is 17.3 Å². The fraction of sp³-hybridized carbons (Fsp3) is 0.143. The first-order valence-corrected chi connectivity index (χ1v) is 8.24. The van der Waals surface area contributed by atoms with Gasteiger partial charge in [-0.05, 0) is 60.2 Å². The second-order valence-electron chi connectivity index (χ2n) is 4.43. The SMILES string of the molecule is Cc1sc(NC(=O)c2ccc(Cl)cc2I)c(C(N)=O)c1C. The summed E-state index contributed by atoms with van der Waals surface area (Å²) < 4.78 is 0.739. The number of primary amides is 1. The molecule has 0 unspecified atom stereocenters. The molecular weight excluding hydrogens is 423 g/mol. The fourth-order valence-corrected chi connectivity index (χ4v) is 4.03. The number of carbonyl (C=O) groups is 2. The van der Waals surface area contributed by atoms with Gasteiger partial charge in [0.25, 0.3) is 11.8 Å².